The molecule has 1 fully saturated rings. The van der Waals surface area contributed by atoms with Crippen LogP contribution in [0.4, 0.5) is 9.18 Å². The second-order valence-electron chi connectivity index (χ2n) is 11.1. The van der Waals surface area contributed by atoms with Crippen LogP contribution >= 0.6 is 23.2 Å². The van der Waals surface area contributed by atoms with Gasteiger partial charge in [0.05, 0.1) is 22.1 Å². The lowest BCUT2D eigenvalue weighted by atomic mass is 9.99. The highest BCUT2D eigenvalue weighted by Gasteiger charge is 2.37. The van der Waals surface area contributed by atoms with Crippen LogP contribution in [0.2, 0.25) is 10.0 Å². The van der Waals surface area contributed by atoms with Crippen LogP contribution in [0.3, 0.4) is 0 Å². The van der Waals surface area contributed by atoms with Crippen LogP contribution in [-0.2, 0) is 11.2 Å². The lowest BCUT2D eigenvalue weighted by Gasteiger charge is -2.33. The number of fused-ring (bicyclic) bond motifs is 1. The number of benzene rings is 2. The van der Waals surface area contributed by atoms with Crippen molar-refractivity contribution in [2.24, 2.45) is 0 Å². The summed E-state index contributed by atoms with van der Waals surface area (Å²) in [6, 6.07) is 10.9. The van der Waals surface area contributed by atoms with E-state index in [0.717, 1.165) is 32.4 Å². The van der Waals surface area contributed by atoms with Gasteiger partial charge in [0.15, 0.2) is 5.69 Å². The molecule has 0 spiro atoms. The summed E-state index contributed by atoms with van der Waals surface area (Å²) in [4.78, 5) is 28.6. The Hall–Kier alpha value is -3.40. The topological polar surface area (TPSA) is 79.7 Å². The number of carbonyl (C=O) groups excluding carboxylic acids is 2. The molecule has 1 aromatic heterocycles. The number of hydrogen-bond donors (Lipinski definition) is 1. The van der Waals surface area contributed by atoms with Crippen LogP contribution in [0, 0.1) is 5.82 Å². The molecule has 3 aromatic rings. The van der Waals surface area contributed by atoms with Crippen molar-refractivity contribution in [2.45, 2.75) is 52.1 Å². The molecule has 5 rings (SSSR count). The Labute approximate surface area is 248 Å². The minimum atomic E-state index is -0.739. The smallest absolute Gasteiger partial charge is 0.414 e. The molecule has 0 bridgehead atoms. The second-order valence-corrected chi connectivity index (χ2v) is 12.0. The van der Waals surface area contributed by atoms with Gasteiger partial charge >= 0.3 is 6.09 Å². The SMILES string of the molecule is CC(C)(C)OC(=O)N1CCc2c(C(=O)NN3CCCCC3)nn(-c3ccc(Cl)cc3Cl)c2/C1=C\c1ccc(F)cc1. The number of piperidine rings is 1. The fourth-order valence-electron chi connectivity index (χ4n) is 5.00. The summed E-state index contributed by atoms with van der Waals surface area (Å²) in [5, 5.41) is 7.44. The van der Waals surface area contributed by atoms with Gasteiger partial charge in [0, 0.05) is 30.2 Å². The minimum absolute atomic E-state index is 0.241. The van der Waals surface area contributed by atoms with Crippen LogP contribution in [0.25, 0.3) is 17.5 Å². The van der Waals surface area contributed by atoms with Crippen LogP contribution in [0.5, 0.6) is 0 Å². The first-order valence-electron chi connectivity index (χ1n) is 13.6. The first-order valence-corrected chi connectivity index (χ1v) is 14.4. The van der Waals surface area contributed by atoms with E-state index >= 15 is 0 Å². The van der Waals surface area contributed by atoms with Gasteiger partial charge in [0.25, 0.3) is 5.91 Å². The number of amides is 2. The lowest BCUT2D eigenvalue weighted by Crippen LogP contribution is -2.45. The summed E-state index contributed by atoms with van der Waals surface area (Å²) < 4.78 is 21.1. The van der Waals surface area contributed by atoms with E-state index in [1.807, 2.05) is 5.01 Å². The molecule has 11 heteroatoms. The van der Waals surface area contributed by atoms with Crippen LogP contribution in [0.15, 0.2) is 42.5 Å². The fourth-order valence-corrected chi connectivity index (χ4v) is 5.49. The third-order valence-corrected chi connectivity index (χ3v) is 7.40. The number of aromatic nitrogens is 2. The first kappa shape index (κ1) is 29.1. The van der Waals surface area contributed by atoms with Crippen molar-refractivity contribution in [1.82, 2.24) is 25.1 Å². The fraction of sp³-hybridized carbons (Fsp3) is 0.367. The number of hydrogen-bond acceptors (Lipinski definition) is 5. The molecule has 8 nitrogen and oxygen atoms in total. The normalized spacial score (nSPS) is 16.9. The molecule has 0 saturated carbocycles. The monoisotopic (exact) mass is 599 g/mol. The largest absolute Gasteiger partial charge is 0.443 e. The average molecular weight is 601 g/mol. The second kappa shape index (κ2) is 11.8. The van der Waals surface area contributed by atoms with Gasteiger partial charge in [-0.15, -0.1) is 0 Å². The summed E-state index contributed by atoms with van der Waals surface area (Å²) in [7, 11) is 0. The third-order valence-electron chi connectivity index (χ3n) is 6.86. The molecular weight excluding hydrogens is 568 g/mol. The Balaban J connectivity index is 1.69. The Bertz CT molecular complexity index is 1490. The predicted molar refractivity (Wildman–Crippen MR) is 157 cm³/mol. The highest BCUT2D eigenvalue weighted by molar-refractivity contribution is 6.35. The van der Waals surface area contributed by atoms with E-state index in [1.165, 1.54) is 17.0 Å². The van der Waals surface area contributed by atoms with E-state index in [-0.39, 0.29) is 24.0 Å². The summed E-state index contributed by atoms with van der Waals surface area (Å²) in [5.41, 5.74) is 5.27. The van der Waals surface area contributed by atoms with Gasteiger partial charge in [0.1, 0.15) is 11.4 Å². The molecule has 0 aliphatic carbocycles. The van der Waals surface area contributed by atoms with Crippen molar-refractivity contribution >= 4 is 47.0 Å². The molecule has 2 aliphatic heterocycles. The van der Waals surface area contributed by atoms with Crippen molar-refractivity contribution in [2.75, 3.05) is 19.6 Å². The summed E-state index contributed by atoms with van der Waals surface area (Å²) in [6.45, 7) is 7.16. The van der Waals surface area contributed by atoms with Crippen LogP contribution in [0.1, 0.15) is 67.3 Å². The molecule has 3 heterocycles. The molecule has 0 unspecified atom stereocenters. The number of carbonyl (C=O) groups is 2. The van der Waals surface area contributed by atoms with Crippen LogP contribution in [-0.4, -0.2) is 56.9 Å². The molecule has 2 aromatic carbocycles. The van der Waals surface area contributed by atoms with Gasteiger partial charge in [-0.3, -0.25) is 15.1 Å². The zero-order chi connectivity index (χ0) is 29.3. The Morgan fingerprint density at radius 2 is 1.73 bits per heavy atom. The van der Waals surface area contributed by atoms with E-state index in [0.29, 0.717) is 44.7 Å². The Kier molecular flexibility index (Phi) is 8.40. The standard InChI is InChI=1S/C30H32Cl2FN5O3/c1-30(2,3)41-29(40)37-16-13-22-26(28(39)35-36-14-5-4-6-15-36)34-38(24-12-9-20(31)18-23(24)32)27(22)25(37)17-19-7-10-21(33)11-8-19/h7-12,17-18H,4-6,13-16H2,1-3H3,(H,35,39)/b25-17+. The van der Waals surface area contributed by atoms with Gasteiger partial charge in [-0.1, -0.05) is 41.8 Å². The third kappa shape index (κ3) is 6.58. The average Bonchev–Trinajstić information content (AvgIpc) is 3.30. The molecule has 0 atom stereocenters. The maximum atomic E-state index is 13.7. The van der Waals surface area contributed by atoms with Crippen LogP contribution < -0.4 is 5.43 Å². The van der Waals surface area contributed by atoms with E-state index < -0.39 is 11.7 Å². The van der Waals surface area contributed by atoms with E-state index in [2.05, 4.69) is 5.43 Å². The van der Waals surface area contributed by atoms with Gasteiger partial charge in [0.2, 0.25) is 0 Å². The maximum Gasteiger partial charge on any atom is 0.414 e. The van der Waals surface area contributed by atoms with E-state index in [1.54, 1.807) is 61.9 Å². The predicted octanol–water partition coefficient (Wildman–Crippen LogP) is 6.74. The van der Waals surface area contributed by atoms with Crippen molar-refractivity contribution in [3.05, 3.63) is 80.8 Å². The molecular formula is C30H32Cl2FN5O3. The van der Waals surface area contributed by atoms with Gasteiger partial charge < -0.3 is 4.74 Å². The van der Waals surface area contributed by atoms with Crippen molar-refractivity contribution in [3.8, 4) is 5.69 Å². The molecule has 2 aliphatic rings. The first-order chi connectivity index (χ1) is 19.5. The van der Waals surface area contributed by atoms with E-state index in [4.69, 9.17) is 33.0 Å². The highest BCUT2D eigenvalue weighted by Crippen LogP contribution is 2.37. The Morgan fingerprint density at radius 1 is 1.02 bits per heavy atom. The van der Waals surface area contributed by atoms with E-state index in [9.17, 15) is 14.0 Å². The highest BCUT2D eigenvalue weighted by atomic mass is 35.5. The number of halogens is 3. The number of hydrazine groups is 1. The molecule has 0 radical (unpaired) electrons. The van der Waals surface area contributed by atoms with Gasteiger partial charge in [-0.25, -0.2) is 18.9 Å². The van der Waals surface area contributed by atoms with Gasteiger partial charge in [-0.05, 0) is 82.0 Å². The van der Waals surface area contributed by atoms with Gasteiger partial charge in [-0.2, -0.15) is 5.10 Å². The molecule has 2 amide bonds. The Morgan fingerprint density at radius 3 is 2.39 bits per heavy atom. The molecule has 41 heavy (non-hydrogen) atoms. The summed E-state index contributed by atoms with van der Waals surface area (Å²) >= 11 is 12.8. The molecule has 1 saturated heterocycles. The van der Waals surface area contributed by atoms with Crippen molar-refractivity contribution < 1.29 is 18.7 Å². The quantitative estimate of drug-likeness (QED) is 0.359. The number of nitrogens with zero attached hydrogens (tertiary/aromatic N) is 4. The maximum absolute atomic E-state index is 13.7. The summed E-state index contributed by atoms with van der Waals surface area (Å²) in [5.74, 6) is -0.714. The van der Waals surface area contributed by atoms with Crippen molar-refractivity contribution in [1.29, 1.82) is 0 Å². The summed E-state index contributed by atoms with van der Waals surface area (Å²) in [6.07, 6.45) is 4.69. The lowest BCUT2D eigenvalue weighted by molar-refractivity contribution is 0.0351. The zero-order valence-corrected chi connectivity index (χ0v) is 24.7. The number of ether oxygens (including phenoxy) is 1. The zero-order valence-electron chi connectivity index (χ0n) is 23.2. The number of rotatable bonds is 4. The number of nitrogens with one attached hydrogen (secondary N) is 1. The molecule has 216 valence electrons. The molecule has 1 N–H and O–H groups in total. The minimum Gasteiger partial charge on any atom is -0.443 e. The van der Waals surface area contributed by atoms with Crippen molar-refractivity contribution in [3.63, 3.8) is 0 Å².